The van der Waals surface area contributed by atoms with E-state index in [2.05, 4.69) is 10.6 Å². The third-order valence-electron chi connectivity index (χ3n) is 4.87. The van der Waals surface area contributed by atoms with Gasteiger partial charge in [0.2, 0.25) is 5.91 Å². The van der Waals surface area contributed by atoms with Crippen molar-refractivity contribution in [2.75, 3.05) is 11.9 Å². The second-order valence-electron chi connectivity index (χ2n) is 7.30. The van der Waals surface area contributed by atoms with Crippen LogP contribution in [0.2, 0.25) is 10.0 Å². The molecule has 1 unspecified atom stereocenters. The van der Waals surface area contributed by atoms with Gasteiger partial charge in [0.25, 0.3) is 11.5 Å². The predicted octanol–water partition coefficient (Wildman–Crippen LogP) is 3.88. The van der Waals surface area contributed by atoms with Crippen LogP contribution >= 0.6 is 23.2 Å². The van der Waals surface area contributed by atoms with E-state index in [-0.39, 0.29) is 38.5 Å². The van der Waals surface area contributed by atoms with Gasteiger partial charge in [-0.1, -0.05) is 35.3 Å². The third-order valence-corrected chi connectivity index (χ3v) is 5.45. The van der Waals surface area contributed by atoms with Gasteiger partial charge >= 0.3 is 5.92 Å². The molecule has 1 amide bonds. The molecule has 0 bridgehead atoms. The maximum atomic E-state index is 14.5. The van der Waals surface area contributed by atoms with Gasteiger partial charge in [-0.3, -0.25) is 10.1 Å². The van der Waals surface area contributed by atoms with Crippen LogP contribution in [0.1, 0.15) is 29.9 Å². The molecule has 174 valence electrons. The van der Waals surface area contributed by atoms with Gasteiger partial charge in [0, 0.05) is 23.2 Å². The van der Waals surface area contributed by atoms with Crippen molar-refractivity contribution in [2.24, 2.45) is 0 Å². The molecule has 3 aromatic rings. The molecular weight excluding hydrogens is 477 g/mol. The van der Waals surface area contributed by atoms with Gasteiger partial charge in [0.05, 0.1) is 17.5 Å². The summed E-state index contributed by atoms with van der Waals surface area (Å²) in [7, 11) is 0. The van der Waals surface area contributed by atoms with E-state index in [4.69, 9.17) is 23.2 Å². The number of pyridine rings is 2. The zero-order valence-electron chi connectivity index (χ0n) is 17.4. The first-order valence-corrected chi connectivity index (χ1v) is 10.6. The van der Waals surface area contributed by atoms with Crippen molar-refractivity contribution in [1.82, 2.24) is 5.32 Å². The molecule has 0 aliphatic rings. The Morgan fingerprint density at radius 2 is 1.88 bits per heavy atom. The number of benzene rings is 1. The molecule has 7 nitrogen and oxygen atoms in total. The molecule has 1 atom stereocenters. The minimum absolute atomic E-state index is 0.00771. The Morgan fingerprint density at radius 1 is 1.12 bits per heavy atom. The number of anilines is 1. The van der Waals surface area contributed by atoms with Gasteiger partial charge in [-0.05, 0) is 36.8 Å². The van der Waals surface area contributed by atoms with Crippen LogP contribution in [0.4, 0.5) is 14.6 Å². The number of hydrogen-bond acceptors (Lipinski definition) is 4. The van der Waals surface area contributed by atoms with E-state index in [1.54, 1.807) is 31.2 Å². The molecule has 0 radical (unpaired) electrons. The van der Waals surface area contributed by atoms with Gasteiger partial charge in [-0.25, -0.2) is 4.73 Å². The zero-order chi connectivity index (χ0) is 24.2. The second-order valence-corrected chi connectivity index (χ2v) is 8.14. The normalized spacial score (nSPS) is 12.3. The SMILES string of the molecule is CC(NC(=O)Cc1c(Cl)ccc(NCC(F)(F)c2cccc[n+]2[O-])[n+]1[O-])c1cccc(Cl)c1. The fourth-order valence-corrected chi connectivity index (χ4v) is 3.56. The average Bonchev–Trinajstić information content (AvgIpc) is 2.76. The maximum Gasteiger partial charge on any atom is 0.367 e. The number of hydrogen-bond donors (Lipinski definition) is 2. The standard InChI is InChI=1S/C22H20Cl2F2N4O3/c1-14(15-5-4-6-16(23)11-15)28-21(31)12-18-17(24)8-9-20(30(18)33)27-13-22(25,26)19-7-2-3-10-29(19)32/h2-11,14,27H,12-13H2,1H3,(H,28,31). The molecule has 0 saturated heterocycles. The van der Waals surface area contributed by atoms with E-state index in [0.29, 0.717) is 5.02 Å². The second kappa shape index (κ2) is 10.2. The van der Waals surface area contributed by atoms with E-state index in [1.807, 2.05) is 0 Å². The number of nitrogens with zero attached hydrogens (tertiary/aromatic N) is 2. The molecule has 0 aliphatic heterocycles. The minimum atomic E-state index is -3.56. The Labute approximate surface area is 198 Å². The third kappa shape index (κ3) is 6.00. The number of halogens is 4. The quantitative estimate of drug-likeness (QED) is 0.365. The molecule has 2 N–H and O–H groups in total. The van der Waals surface area contributed by atoms with Crippen LogP contribution in [0.15, 0.2) is 60.8 Å². The lowest BCUT2D eigenvalue weighted by atomic mass is 10.1. The van der Waals surface area contributed by atoms with Crippen molar-refractivity contribution in [2.45, 2.75) is 25.3 Å². The number of amides is 1. The van der Waals surface area contributed by atoms with Crippen LogP contribution in [-0.4, -0.2) is 12.5 Å². The summed E-state index contributed by atoms with van der Waals surface area (Å²) in [4.78, 5) is 12.5. The van der Waals surface area contributed by atoms with Crippen molar-refractivity contribution >= 4 is 34.9 Å². The Hall–Kier alpha value is -3.17. The lowest BCUT2D eigenvalue weighted by Crippen LogP contribution is -2.43. The van der Waals surface area contributed by atoms with E-state index >= 15 is 0 Å². The summed E-state index contributed by atoms with van der Waals surface area (Å²) < 4.78 is 29.3. The summed E-state index contributed by atoms with van der Waals surface area (Å²) >= 11 is 12.1. The Kier molecular flexibility index (Phi) is 7.55. The number of aromatic nitrogens is 2. The molecule has 3 rings (SSSR count). The number of rotatable bonds is 8. The molecular formula is C22H20Cl2F2N4O3. The Bertz CT molecular complexity index is 1160. The predicted molar refractivity (Wildman–Crippen MR) is 120 cm³/mol. The van der Waals surface area contributed by atoms with Crippen LogP contribution in [0, 0.1) is 10.4 Å². The van der Waals surface area contributed by atoms with Crippen molar-refractivity contribution in [3.63, 3.8) is 0 Å². The highest BCUT2D eigenvalue weighted by Gasteiger charge is 2.41. The van der Waals surface area contributed by atoms with Gasteiger partial charge < -0.3 is 15.7 Å². The van der Waals surface area contributed by atoms with Gasteiger partial charge in [-0.15, -0.1) is 0 Å². The van der Waals surface area contributed by atoms with Crippen molar-refractivity contribution in [3.05, 3.63) is 98.2 Å². The van der Waals surface area contributed by atoms with Crippen LogP contribution in [0.3, 0.4) is 0 Å². The largest absolute Gasteiger partial charge is 0.710 e. The van der Waals surface area contributed by atoms with Crippen molar-refractivity contribution in [1.29, 1.82) is 0 Å². The molecule has 0 spiro atoms. The van der Waals surface area contributed by atoms with Crippen molar-refractivity contribution < 1.29 is 23.0 Å². The molecule has 33 heavy (non-hydrogen) atoms. The lowest BCUT2D eigenvalue weighted by Gasteiger charge is -2.19. The summed E-state index contributed by atoms with van der Waals surface area (Å²) in [6.45, 7) is 0.739. The highest BCUT2D eigenvalue weighted by atomic mass is 35.5. The lowest BCUT2D eigenvalue weighted by molar-refractivity contribution is -0.624. The smallest absolute Gasteiger partial charge is 0.367 e. The zero-order valence-corrected chi connectivity index (χ0v) is 18.9. The van der Waals surface area contributed by atoms with Crippen LogP contribution in [0.5, 0.6) is 0 Å². The van der Waals surface area contributed by atoms with E-state index in [9.17, 15) is 24.0 Å². The molecule has 0 saturated carbocycles. The molecule has 0 fully saturated rings. The van der Waals surface area contributed by atoms with Gasteiger partial charge in [0.15, 0.2) is 12.7 Å². The molecule has 1 aromatic carbocycles. The number of carbonyl (C=O) groups excluding carboxylic acids is 1. The highest BCUT2D eigenvalue weighted by molar-refractivity contribution is 6.31. The Balaban J connectivity index is 1.71. The molecule has 0 aliphatic carbocycles. The Morgan fingerprint density at radius 3 is 2.58 bits per heavy atom. The maximum absolute atomic E-state index is 14.5. The summed E-state index contributed by atoms with van der Waals surface area (Å²) in [6, 6.07) is 12.8. The highest BCUT2D eigenvalue weighted by Crippen LogP contribution is 2.26. The molecule has 2 heterocycles. The van der Waals surface area contributed by atoms with Crippen molar-refractivity contribution in [3.8, 4) is 0 Å². The minimum Gasteiger partial charge on any atom is -0.710 e. The summed E-state index contributed by atoms with van der Waals surface area (Å²) in [5.41, 5.74) is -0.107. The fraction of sp³-hybridized carbons (Fsp3) is 0.227. The van der Waals surface area contributed by atoms with Gasteiger partial charge in [0.1, 0.15) is 5.69 Å². The first-order valence-electron chi connectivity index (χ1n) is 9.84. The van der Waals surface area contributed by atoms with Crippen LogP contribution < -0.4 is 20.1 Å². The number of alkyl halides is 2. The van der Waals surface area contributed by atoms with Crippen LogP contribution in [-0.2, 0) is 17.1 Å². The molecule has 11 heteroatoms. The van der Waals surface area contributed by atoms with E-state index < -0.39 is 24.1 Å². The average molecular weight is 497 g/mol. The number of carbonyl (C=O) groups is 1. The summed E-state index contributed by atoms with van der Waals surface area (Å²) in [5, 5.41) is 30.0. The number of nitrogens with one attached hydrogen (secondary N) is 2. The summed E-state index contributed by atoms with van der Waals surface area (Å²) in [5.74, 6) is -4.29. The molecule has 2 aromatic heterocycles. The first-order chi connectivity index (χ1) is 15.6. The van der Waals surface area contributed by atoms with E-state index in [1.165, 1.54) is 24.3 Å². The van der Waals surface area contributed by atoms with Crippen LogP contribution in [0.25, 0.3) is 0 Å². The fourth-order valence-electron chi connectivity index (χ4n) is 3.15. The first kappa shape index (κ1) is 24.5. The summed E-state index contributed by atoms with van der Waals surface area (Å²) in [6.07, 6.45) is 0.582. The topological polar surface area (TPSA) is 95.0 Å². The van der Waals surface area contributed by atoms with E-state index in [0.717, 1.165) is 17.8 Å². The van der Waals surface area contributed by atoms with Gasteiger partial charge in [-0.2, -0.15) is 13.5 Å². The monoisotopic (exact) mass is 496 g/mol.